The molecule has 0 aliphatic rings. The van der Waals surface area contributed by atoms with Crippen LogP contribution in [-0.2, 0) is 11.5 Å². The van der Waals surface area contributed by atoms with E-state index in [9.17, 15) is 10.1 Å². The fourth-order valence-corrected chi connectivity index (χ4v) is 0.710. The molecule has 0 atom stereocenters. The molecule has 66 valence electrons. The minimum Gasteiger partial charge on any atom is -0.361 e. The van der Waals surface area contributed by atoms with Crippen LogP contribution in [0.1, 0.15) is 6.92 Å². The molecule has 6 nitrogen and oxygen atoms in total. The minimum atomic E-state index is -0.539. The van der Waals surface area contributed by atoms with Gasteiger partial charge in [0.15, 0.2) is 0 Å². The molecule has 6 heteroatoms. The average molecular weight is 171 g/mol. The van der Waals surface area contributed by atoms with Crippen LogP contribution in [-0.4, -0.2) is 21.1 Å². The molecule has 0 fully saturated rings. The lowest BCUT2D eigenvalue weighted by molar-refractivity contribution is -0.389. The van der Waals surface area contributed by atoms with Gasteiger partial charge in [0.05, 0.1) is 0 Å². The highest BCUT2D eigenvalue weighted by Gasteiger charge is 2.08. The quantitative estimate of drug-likeness (QED) is 0.496. The lowest BCUT2D eigenvalue weighted by atomic mass is 10.8. The molecule has 0 amide bonds. The summed E-state index contributed by atoms with van der Waals surface area (Å²) < 4.78 is 6.53. The van der Waals surface area contributed by atoms with Crippen molar-refractivity contribution in [2.75, 3.05) is 6.61 Å². The maximum atomic E-state index is 10.2. The normalized spacial score (nSPS) is 10.1. The van der Waals surface area contributed by atoms with Gasteiger partial charge in [-0.2, -0.15) is 0 Å². The van der Waals surface area contributed by atoms with Crippen LogP contribution in [0.15, 0.2) is 12.5 Å². The van der Waals surface area contributed by atoms with Gasteiger partial charge < -0.3 is 14.9 Å². The molecule has 0 N–H and O–H groups in total. The Bertz CT molecular complexity index is 271. The van der Waals surface area contributed by atoms with Crippen LogP contribution in [0, 0.1) is 10.1 Å². The average Bonchev–Trinajstić information content (AvgIpc) is 2.48. The maximum Gasteiger partial charge on any atom is 0.381 e. The topological polar surface area (TPSA) is 70.2 Å². The number of imidazole rings is 1. The number of nitro groups is 1. The number of rotatable bonds is 4. The zero-order valence-electron chi connectivity index (χ0n) is 6.64. The summed E-state index contributed by atoms with van der Waals surface area (Å²) in [6, 6.07) is 0. The SMILES string of the molecule is CCOCn1cnc([N+](=O)[O-])c1. The number of hydrogen-bond donors (Lipinski definition) is 0. The maximum absolute atomic E-state index is 10.2. The molecular formula is C6H9N3O3. The van der Waals surface area contributed by atoms with Crippen molar-refractivity contribution in [3.8, 4) is 0 Å². The predicted octanol–water partition coefficient (Wildman–Crippen LogP) is 0.785. The summed E-state index contributed by atoms with van der Waals surface area (Å²) in [5.41, 5.74) is 0. The summed E-state index contributed by atoms with van der Waals surface area (Å²) in [6.07, 6.45) is 2.70. The van der Waals surface area contributed by atoms with Crippen LogP contribution in [0.2, 0.25) is 0 Å². The third-order valence-electron chi connectivity index (χ3n) is 1.25. The summed E-state index contributed by atoms with van der Waals surface area (Å²) in [6.45, 7) is 2.73. The van der Waals surface area contributed by atoms with Gasteiger partial charge in [-0.1, -0.05) is 0 Å². The van der Waals surface area contributed by atoms with E-state index in [1.807, 2.05) is 6.92 Å². The first-order valence-electron chi connectivity index (χ1n) is 3.48. The molecule has 0 unspecified atom stereocenters. The highest BCUT2D eigenvalue weighted by atomic mass is 16.6. The van der Waals surface area contributed by atoms with Crippen LogP contribution in [0.3, 0.4) is 0 Å². The Kier molecular flexibility index (Phi) is 2.76. The Hall–Kier alpha value is -1.43. The molecular weight excluding hydrogens is 162 g/mol. The molecule has 1 heterocycles. The van der Waals surface area contributed by atoms with Crippen molar-refractivity contribution in [2.45, 2.75) is 13.7 Å². The van der Waals surface area contributed by atoms with E-state index in [4.69, 9.17) is 4.74 Å². The number of aromatic nitrogens is 2. The lowest BCUT2D eigenvalue weighted by Crippen LogP contribution is -1.98. The van der Waals surface area contributed by atoms with Gasteiger partial charge in [0.25, 0.3) is 0 Å². The molecule has 0 saturated carbocycles. The molecule has 0 saturated heterocycles. The Morgan fingerprint density at radius 1 is 1.83 bits per heavy atom. The van der Waals surface area contributed by atoms with E-state index in [-0.39, 0.29) is 5.82 Å². The van der Waals surface area contributed by atoms with Crippen molar-refractivity contribution in [2.24, 2.45) is 0 Å². The number of hydrogen-bond acceptors (Lipinski definition) is 4. The van der Waals surface area contributed by atoms with E-state index in [1.54, 1.807) is 0 Å². The highest BCUT2D eigenvalue weighted by Crippen LogP contribution is 2.04. The summed E-state index contributed by atoms with van der Waals surface area (Å²) in [4.78, 5) is 13.2. The van der Waals surface area contributed by atoms with Gasteiger partial charge in [-0.25, -0.2) is 0 Å². The van der Waals surface area contributed by atoms with Gasteiger partial charge in [-0.05, 0) is 16.8 Å². The molecule has 12 heavy (non-hydrogen) atoms. The fourth-order valence-electron chi connectivity index (χ4n) is 0.710. The Morgan fingerprint density at radius 3 is 3.08 bits per heavy atom. The van der Waals surface area contributed by atoms with Crippen molar-refractivity contribution < 1.29 is 9.66 Å². The van der Waals surface area contributed by atoms with Crippen LogP contribution >= 0.6 is 0 Å². The van der Waals surface area contributed by atoms with Crippen molar-refractivity contribution in [1.29, 1.82) is 0 Å². The third kappa shape index (κ3) is 2.03. The molecule has 1 aromatic heterocycles. The first-order valence-corrected chi connectivity index (χ1v) is 3.48. The van der Waals surface area contributed by atoms with Crippen LogP contribution in [0.4, 0.5) is 5.82 Å². The first kappa shape index (κ1) is 8.66. The molecule has 0 aromatic carbocycles. The van der Waals surface area contributed by atoms with Crippen molar-refractivity contribution >= 4 is 5.82 Å². The fraction of sp³-hybridized carbons (Fsp3) is 0.500. The molecule has 0 aliphatic carbocycles. The van der Waals surface area contributed by atoms with E-state index >= 15 is 0 Å². The van der Waals surface area contributed by atoms with E-state index < -0.39 is 4.92 Å². The molecule has 0 radical (unpaired) electrons. The highest BCUT2D eigenvalue weighted by molar-refractivity contribution is 5.11. The Morgan fingerprint density at radius 2 is 2.58 bits per heavy atom. The van der Waals surface area contributed by atoms with Crippen molar-refractivity contribution in [1.82, 2.24) is 9.55 Å². The van der Waals surface area contributed by atoms with Gasteiger partial charge in [0, 0.05) is 6.61 Å². The predicted molar refractivity (Wildman–Crippen MR) is 40.5 cm³/mol. The van der Waals surface area contributed by atoms with Gasteiger partial charge in [0.1, 0.15) is 12.9 Å². The number of ether oxygens (including phenoxy) is 1. The summed E-state index contributed by atoms with van der Waals surface area (Å²) in [5.74, 6) is -0.158. The number of nitrogens with zero attached hydrogens (tertiary/aromatic N) is 3. The second kappa shape index (κ2) is 3.82. The van der Waals surface area contributed by atoms with Crippen LogP contribution < -0.4 is 0 Å². The van der Waals surface area contributed by atoms with Crippen molar-refractivity contribution in [3.63, 3.8) is 0 Å². The summed E-state index contributed by atoms with van der Waals surface area (Å²) in [5, 5.41) is 10.2. The lowest BCUT2D eigenvalue weighted by Gasteiger charge is -1.97. The van der Waals surface area contributed by atoms with Crippen molar-refractivity contribution in [3.05, 3.63) is 22.6 Å². The minimum absolute atomic E-state index is 0.158. The van der Waals surface area contributed by atoms with Crippen LogP contribution in [0.5, 0.6) is 0 Å². The van der Waals surface area contributed by atoms with E-state index in [0.29, 0.717) is 13.3 Å². The van der Waals surface area contributed by atoms with E-state index in [0.717, 1.165) is 0 Å². The molecule has 0 aliphatic heterocycles. The first-order chi connectivity index (χ1) is 5.74. The molecule has 0 spiro atoms. The zero-order chi connectivity index (χ0) is 8.97. The summed E-state index contributed by atoms with van der Waals surface area (Å²) >= 11 is 0. The smallest absolute Gasteiger partial charge is 0.361 e. The van der Waals surface area contributed by atoms with E-state index in [2.05, 4.69) is 4.98 Å². The van der Waals surface area contributed by atoms with E-state index in [1.165, 1.54) is 17.1 Å². The molecule has 0 bridgehead atoms. The van der Waals surface area contributed by atoms with Gasteiger partial charge in [-0.15, -0.1) is 0 Å². The van der Waals surface area contributed by atoms with Crippen LogP contribution in [0.25, 0.3) is 0 Å². The largest absolute Gasteiger partial charge is 0.381 e. The standard InChI is InChI=1S/C6H9N3O3/c1-2-12-5-8-3-6(7-4-8)9(10)11/h3-4H,2,5H2,1H3. The molecule has 1 rings (SSSR count). The zero-order valence-corrected chi connectivity index (χ0v) is 6.64. The van der Waals surface area contributed by atoms with Gasteiger partial charge in [0.2, 0.25) is 6.33 Å². The van der Waals surface area contributed by atoms with Gasteiger partial charge in [-0.3, -0.25) is 4.57 Å². The second-order valence-electron chi connectivity index (χ2n) is 2.13. The monoisotopic (exact) mass is 171 g/mol. The second-order valence-corrected chi connectivity index (χ2v) is 2.13. The third-order valence-corrected chi connectivity index (χ3v) is 1.25. The summed E-state index contributed by atoms with van der Waals surface area (Å²) in [7, 11) is 0. The van der Waals surface area contributed by atoms with Gasteiger partial charge >= 0.3 is 5.82 Å². The molecule has 1 aromatic rings. The Labute approximate surface area is 68.9 Å². The Balaban J connectivity index is 2.58.